The molecule has 1 rings (SSSR count). The summed E-state index contributed by atoms with van der Waals surface area (Å²) in [7, 11) is 0. The van der Waals surface area contributed by atoms with Gasteiger partial charge in [0.2, 0.25) is 0 Å². The van der Waals surface area contributed by atoms with Crippen molar-refractivity contribution in [3.63, 3.8) is 0 Å². The first-order valence-corrected chi connectivity index (χ1v) is 8.69. The number of benzene rings is 1. The maximum atomic E-state index is 9.84. The third-order valence-electron chi connectivity index (χ3n) is 3.86. The van der Waals surface area contributed by atoms with Crippen LogP contribution in [0, 0.1) is 0 Å². The largest absolute Gasteiger partial charge is 0.364 e. The first-order valence-electron chi connectivity index (χ1n) is 8.69. The van der Waals surface area contributed by atoms with Crippen molar-refractivity contribution in [2.24, 2.45) is 0 Å². The van der Waals surface area contributed by atoms with E-state index in [9.17, 15) is 5.11 Å². The second-order valence-corrected chi connectivity index (χ2v) is 5.82. The van der Waals surface area contributed by atoms with Crippen LogP contribution in [0.2, 0.25) is 0 Å². The molecule has 2 heteroatoms. The molecule has 0 aliphatic heterocycles. The number of unbranched alkanes of at least 4 members (excludes halogenated alkanes) is 9. The standard InChI is InChI=1S/C19H32O2/c1-2-3-4-5-6-7-8-9-10-14-17-21-19(20)18-15-12-11-13-16-18/h11-13,15-16,19-20H,2-10,14,17H2,1H3. The molecular weight excluding hydrogens is 260 g/mol. The lowest BCUT2D eigenvalue weighted by atomic mass is 10.1. The molecule has 1 aromatic rings. The van der Waals surface area contributed by atoms with E-state index >= 15 is 0 Å². The summed E-state index contributed by atoms with van der Waals surface area (Å²) in [4.78, 5) is 0. The van der Waals surface area contributed by atoms with Crippen LogP contribution in [0.3, 0.4) is 0 Å². The maximum Gasteiger partial charge on any atom is 0.181 e. The van der Waals surface area contributed by atoms with Gasteiger partial charge in [-0.2, -0.15) is 0 Å². The zero-order valence-corrected chi connectivity index (χ0v) is 13.6. The van der Waals surface area contributed by atoms with E-state index in [-0.39, 0.29) is 0 Å². The highest BCUT2D eigenvalue weighted by Gasteiger charge is 2.05. The molecule has 0 aliphatic carbocycles. The molecule has 2 nitrogen and oxygen atoms in total. The molecule has 0 aliphatic rings. The fourth-order valence-electron chi connectivity index (χ4n) is 2.50. The third-order valence-corrected chi connectivity index (χ3v) is 3.86. The van der Waals surface area contributed by atoms with E-state index in [1.165, 1.54) is 57.8 Å². The van der Waals surface area contributed by atoms with Gasteiger partial charge in [-0.3, -0.25) is 0 Å². The maximum absolute atomic E-state index is 9.84. The monoisotopic (exact) mass is 292 g/mol. The number of aliphatic hydroxyl groups is 1. The Bertz CT molecular complexity index is 324. The van der Waals surface area contributed by atoms with Crippen molar-refractivity contribution >= 4 is 0 Å². The highest BCUT2D eigenvalue weighted by atomic mass is 16.6. The molecule has 0 heterocycles. The Morgan fingerprint density at radius 3 is 1.90 bits per heavy atom. The Balaban J connectivity index is 1.86. The van der Waals surface area contributed by atoms with E-state index in [1.54, 1.807) is 0 Å². The Kier molecular flexibility index (Phi) is 11.1. The Morgan fingerprint density at radius 2 is 1.33 bits per heavy atom. The minimum absolute atomic E-state index is 0.645. The molecule has 1 atom stereocenters. The summed E-state index contributed by atoms with van der Waals surface area (Å²) < 4.78 is 5.46. The van der Waals surface area contributed by atoms with Gasteiger partial charge >= 0.3 is 0 Å². The van der Waals surface area contributed by atoms with Crippen LogP contribution in [-0.4, -0.2) is 11.7 Å². The van der Waals surface area contributed by atoms with E-state index in [1.807, 2.05) is 30.3 Å². The summed E-state index contributed by atoms with van der Waals surface area (Å²) in [5, 5.41) is 9.84. The molecule has 1 unspecified atom stereocenters. The average molecular weight is 292 g/mol. The molecule has 0 aromatic heterocycles. The van der Waals surface area contributed by atoms with Gasteiger partial charge in [-0.1, -0.05) is 95.0 Å². The Morgan fingerprint density at radius 1 is 0.810 bits per heavy atom. The quantitative estimate of drug-likeness (QED) is 0.378. The number of ether oxygens (including phenoxy) is 1. The normalized spacial score (nSPS) is 12.5. The second kappa shape index (κ2) is 12.8. The fraction of sp³-hybridized carbons (Fsp3) is 0.684. The molecule has 21 heavy (non-hydrogen) atoms. The molecule has 1 aromatic carbocycles. The van der Waals surface area contributed by atoms with E-state index in [0.717, 1.165) is 12.0 Å². The van der Waals surface area contributed by atoms with Crippen LogP contribution >= 0.6 is 0 Å². The molecule has 0 saturated carbocycles. The zero-order valence-electron chi connectivity index (χ0n) is 13.6. The van der Waals surface area contributed by atoms with E-state index in [0.29, 0.717) is 6.61 Å². The van der Waals surface area contributed by atoms with Crippen molar-refractivity contribution in [2.75, 3.05) is 6.61 Å². The predicted octanol–water partition coefficient (Wildman–Crippen LogP) is 5.62. The van der Waals surface area contributed by atoms with Gasteiger partial charge in [0.1, 0.15) is 0 Å². The Hall–Kier alpha value is -0.860. The summed E-state index contributed by atoms with van der Waals surface area (Å²) in [5.74, 6) is 0. The van der Waals surface area contributed by atoms with E-state index in [4.69, 9.17) is 4.74 Å². The lowest BCUT2D eigenvalue weighted by Crippen LogP contribution is -2.04. The number of aliphatic hydroxyl groups excluding tert-OH is 1. The van der Waals surface area contributed by atoms with E-state index < -0.39 is 6.29 Å². The molecular formula is C19H32O2. The van der Waals surface area contributed by atoms with Gasteiger partial charge in [0, 0.05) is 5.56 Å². The van der Waals surface area contributed by atoms with Gasteiger partial charge in [0.05, 0.1) is 6.61 Å². The van der Waals surface area contributed by atoms with Gasteiger partial charge in [0.25, 0.3) is 0 Å². The van der Waals surface area contributed by atoms with Crippen molar-refractivity contribution in [2.45, 2.75) is 77.4 Å². The summed E-state index contributed by atoms with van der Waals surface area (Å²) in [6.45, 7) is 2.91. The highest BCUT2D eigenvalue weighted by Crippen LogP contribution is 2.15. The van der Waals surface area contributed by atoms with Crippen molar-refractivity contribution < 1.29 is 9.84 Å². The minimum Gasteiger partial charge on any atom is -0.364 e. The van der Waals surface area contributed by atoms with Gasteiger partial charge in [0.15, 0.2) is 6.29 Å². The minimum atomic E-state index is -0.773. The van der Waals surface area contributed by atoms with Crippen molar-refractivity contribution in [1.82, 2.24) is 0 Å². The number of rotatable bonds is 13. The molecule has 120 valence electrons. The number of hydrogen-bond donors (Lipinski definition) is 1. The van der Waals surface area contributed by atoms with Gasteiger partial charge in [-0.05, 0) is 6.42 Å². The first-order chi connectivity index (χ1) is 10.3. The summed E-state index contributed by atoms with van der Waals surface area (Å²) in [6, 6.07) is 9.57. The highest BCUT2D eigenvalue weighted by molar-refractivity contribution is 5.15. The smallest absolute Gasteiger partial charge is 0.181 e. The van der Waals surface area contributed by atoms with E-state index in [2.05, 4.69) is 6.92 Å². The van der Waals surface area contributed by atoms with Crippen LogP contribution < -0.4 is 0 Å². The van der Waals surface area contributed by atoms with Crippen molar-refractivity contribution in [3.8, 4) is 0 Å². The lowest BCUT2D eigenvalue weighted by molar-refractivity contribution is -0.103. The molecule has 0 radical (unpaired) electrons. The predicted molar refractivity (Wildman–Crippen MR) is 89.2 cm³/mol. The van der Waals surface area contributed by atoms with Crippen molar-refractivity contribution in [3.05, 3.63) is 35.9 Å². The van der Waals surface area contributed by atoms with Crippen LogP contribution in [0.4, 0.5) is 0 Å². The van der Waals surface area contributed by atoms with Crippen molar-refractivity contribution in [1.29, 1.82) is 0 Å². The summed E-state index contributed by atoms with van der Waals surface area (Å²) in [6.07, 6.45) is 12.4. The van der Waals surface area contributed by atoms with Crippen LogP contribution in [0.25, 0.3) is 0 Å². The topological polar surface area (TPSA) is 29.5 Å². The first kappa shape index (κ1) is 18.2. The summed E-state index contributed by atoms with van der Waals surface area (Å²) in [5.41, 5.74) is 0.838. The van der Waals surface area contributed by atoms with Crippen LogP contribution in [0.15, 0.2) is 30.3 Å². The van der Waals surface area contributed by atoms with Gasteiger partial charge in [-0.25, -0.2) is 0 Å². The van der Waals surface area contributed by atoms with Crippen LogP contribution in [0.1, 0.15) is 83.0 Å². The van der Waals surface area contributed by atoms with Gasteiger partial charge in [-0.15, -0.1) is 0 Å². The van der Waals surface area contributed by atoms with Crippen LogP contribution in [0.5, 0.6) is 0 Å². The average Bonchev–Trinajstić information content (AvgIpc) is 2.53. The van der Waals surface area contributed by atoms with Crippen LogP contribution in [-0.2, 0) is 4.74 Å². The third kappa shape index (κ3) is 9.65. The Labute approximate surface area is 130 Å². The molecule has 0 fully saturated rings. The summed E-state index contributed by atoms with van der Waals surface area (Å²) >= 11 is 0. The molecule has 0 amide bonds. The molecule has 0 saturated heterocycles. The number of hydrogen-bond acceptors (Lipinski definition) is 2. The molecule has 1 N–H and O–H groups in total. The SMILES string of the molecule is CCCCCCCCCCCCOC(O)c1ccccc1. The molecule has 0 spiro atoms. The molecule has 0 bridgehead atoms. The zero-order chi connectivity index (χ0) is 15.2. The van der Waals surface area contributed by atoms with Gasteiger partial charge < -0.3 is 9.84 Å². The second-order valence-electron chi connectivity index (χ2n) is 5.82. The fourth-order valence-corrected chi connectivity index (χ4v) is 2.50. The lowest BCUT2D eigenvalue weighted by Gasteiger charge is -2.12.